The molecule has 4 rings (SSSR count). The van der Waals surface area contributed by atoms with Crippen LogP contribution in [0.5, 0.6) is 5.75 Å². The Bertz CT molecular complexity index is 1330. The zero-order valence-corrected chi connectivity index (χ0v) is 21.5. The summed E-state index contributed by atoms with van der Waals surface area (Å²) < 4.78 is 36.1. The minimum absolute atomic E-state index is 0.213. The molecule has 1 aliphatic heterocycles. The van der Waals surface area contributed by atoms with Gasteiger partial charge < -0.3 is 9.30 Å². The third-order valence-corrected chi connectivity index (χ3v) is 9.05. The van der Waals surface area contributed by atoms with Crippen molar-refractivity contribution < 1.29 is 17.9 Å². The molecule has 1 aromatic heterocycles. The number of aryl methyl sites for hydroxylation is 1. The van der Waals surface area contributed by atoms with Gasteiger partial charge in [-0.05, 0) is 74.6 Å². The minimum atomic E-state index is -3.55. The van der Waals surface area contributed by atoms with Crippen molar-refractivity contribution in [3.05, 3.63) is 52.8 Å². The van der Waals surface area contributed by atoms with E-state index in [4.69, 9.17) is 4.74 Å². The van der Waals surface area contributed by atoms with Crippen LogP contribution >= 0.6 is 11.3 Å². The first-order valence-electron chi connectivity index (χ1n) is 11.8. The van der Waals surface area contributed by atoms with Crippen LogP contribution in [0.1, 0.15) is 50.4 Å². The molecule has 1 saturated heterocycles. The lowest BCUT2D eigenvalue weighted by atomic mass is 10.0. The number of carbonyl (C=O) groups excluding carboxylic acids is 1. The average Bonchev–Trinajstić information content (AvgIpc) is 3.16. The van der Waals surface area contributed by atoms with Crippen molar-refractivity contribution in [1.29, 1.82) is 0 Å². The molecule has 3 aromatic rings. The minimum Gasteiger partial charge on any atom is -0.494 e. The summed E-state index contributed by atoms with van der Waals surface area (Å²) in [6.07, 6.45) is 2.64. The molecule has 0 radical (unpaired) electrons. The molecule has 1 amide bonds. The first-order valence-corrected chi connectivity index (χ1v) is 14.0. The fourth-order valence-electron chi connectivity index (χ4n) is 4.13. The van der Waals surface area contributed by atoms with Gasteiger partial charge in [-0.2, -0.15) is 9.30 Å². The van der Waals surface area contributed by atoms with Gasteiger partial charge >= 0.3 is 0 Å². The highest BCUT2D eigenvalue weighted by Crippen LogP contribution is 2.25. The number of piperidine rings is 1. The molecule has 2 aromatic carbocycles. The molecule has 0 N–H and O–H groups in total. The van der Waals surface area contributed by atoms with Crippen LogP contribution in [-0.2, 0) is 16.6 Å². The number of aromatic nitrogens is 1. The van der Waals surface area contributed by atoms with Gasteiger partial charge in [0.1, 0.15) is 5.75 Å². The highest BCUT2D eigenvalue weighted by Gasteiger charge is 2.28. The molecule has 9 heteroatoms. The van der Waals surface area contributed by atoms with E-state index in [1.807, 2.05) is 29.7 Å². The maximum atomic E-state index is 13.0. The van der Waals surface area contributed by atoms with E-state index in [1.54, 1.807) is 12.1 Å². The summed E-state index contributed by atoms with van der Waals surface area (Å²) in [6.45, 7) is 8.57. The Labute approximate surface area is 204 Å². The van der Waals surface area contributed by atoms with Gasteiger partial charge in [-0.3, -0.25) is 4.79 Å². The van der Waals surface area contributed by atoms with Gasteiger partial charge in [0.15, 0.2) is 4.80 Å². The van der Waals surface area contributed by atoms with Gasteiger partial charge in [-0.25, -0.2) is 8.42 Å². The monoisotopic (exact) mass is 501 g/mol. The Hall–Kier alpha value is -2.49. The van der Waals surface area contributed by atoms with Crippen molar-refractivity contribution in [2.24, 2.45) is 10.9 Å². The van der Waals surface area contributed by atoms with E-state index >= 15 is 0 Å². The zero-order chi connectivity index (χ0) is 24.3. The number of thiazole rings is 1. The van der Waals surface area contributed by atoms with E-state index < -0.39 is 15.9 Å². The van der Waals surface area contributed by atoms with Gasteiger partial charge in [0, 0.05) is 25.2 Å². The van der Waals surface area contributed by atoms with Crippen molar-refractivity contribution in [3.63, 3.8) is 0 Å². The number of hydrogen-bond donors (Lipinski definition) is 0. The molecule has 2 heterocycles. The van der Waals surface area contributed by atoms with Crippen molar-refractivity contribution in [2.45, 2.75) is 51.5 Å². The molecular weight excluding hydrogens is 470 g/mol. The van der Waals surface area contributed by atoms with E-state index in [1.165, 1.54) is 27.8 Å². The van der Waals surface area contributed by atoms with E-state index in [0.717, 1.165) is 41.8 Å². The standard InChI is InChI=1S/C25H31N3O4S2/c1-4-14-28-22-11-8-20(32-5-2)17-23(22)33-25(28)26-24(29)19-6-9-21(10-7-19)34(30,31)27-15-12-18(3)13-16-27/h6-11,17-18H,4-5,12-16H2,1-3H3. The number of amides is 1. The molecule has 1 aliphatic rings. The number of hydrogen-bond acceptors (Lipinski definition) is 5. The molecule has 34 heavy (non-hydrogen) atoms. The lowest BCUT2D eigenvalue weighted by molar-refractivity contribution is 0.0997. The Morgan fingerprint density at radius 1 is 1.12 bits per heavy atom. The van der Waals surface area contributed by atoms with E-state index in [2.05, 4.69) is 18.8 Å². The summed E-state index contributed by atoms with van der Waals surface area (Å²) in [5.41, 5.74) is 1.38. The molecule has 0 spiro atoms. The highest BCUT2D eigenvalue weighted by atomic mass is 32.2. The maximum absolute atomic E-state index is 13.0. The van der Waals surface area contributed by atoms with Crippen molar-refractivity contribution >= 4 is 37.5 Å². The van der Waals surface area contributed by atoms with Crippen molar-refractivity contribution in [2.75, 3.05) is 19.7 Å². The second-order valence-electron chi connectivity index (χ2n) is 8.63. The SMILES string of the molecule is CCCn1c(=NC(=O)c2ccc(S(=O)(=O)N3CCC(C)CC3)cc2)sc2cc(OCC)ccc21. The molecule has 182 valence electrons. The predicted molar refractivity (Wildman–Crippen MR) is 135 cm³/mol. The summed E-state index contributed by atoms with van der Waals surface area (Å²) >= 11 is 1.45. The Morgan fingerprint density at radius 3 is 2.47 bits per heavy atom. The molecule has 7 nitrogen and oxygen atoms in total. The summed E-state index contributed by atoms with van der Waals surface area (Å²) in [7, 11) is -3.55. The topological polar surface area (TPSA) is 81.0 Å². The van der Waals surface area contributed by atoms with Crippen molar-refractivity contribution in [3.8, 4) is 5.75 Å². The zero-order valence-electron chi connectivity index (χ0n) is 19.9. The Morgan fingerprint density at radius 2 is 1.82 bits per heavy atom. The number of sulfonamides is 1. The number of ether oxygens (including phenoxy) is 1. The van der Waals surface area contributed by atoms with Gasteiger partial charge in [0.25, 0.3) is 5.91 Å². The van der Waals surface area contributed by atoms with E-state index in [9.17, 15) is 13.2 Å². The van der Waals surface area contributed by atoms with Gasteiger partial charge in [0.2, 0.25) is 10.0 Å². The van der Waals surface area contributed by atoms with Gasteiger partial charge in [-0.15, -0.1) is 0 Å². The first kappa shape index (κ1) is 24.6. The number of rotatable bonds is 7. The third-order valence-electron chi connectivity index (χ3n) is 6.09. The van der Waals surface area contributed by atoms with E-state index in [0.29, 0.717) is 36.0 Å². The lowest BCUT2D eigenvalue weighted by Gasteiger charge is -2.29. The number of carbonyl (C=O) groups is 1. The van der Waals surface area contributed by atoms with Crippen LogP contribution in [0.4, 0.5) is 0 Å². The van der Waals surface area contributed by atoms with Crippen LogP contribution in [-0.4, -0.2) is 42.9 Å². The predicted octanol–water partition coefficient (Wildman–Crippen LogP) is 4.67. The largest absolute Gasteiger partial charge is 0.494 e. The fourth-order valence-corrected chi connectivity index (χ4v) is 6.68. The second kappa shape index (κ2) is 10.4. The Kier molecular flexibility index (Phi) is 7.54. The van der Waals surface area contributed by atoms with Crippen LogP contribution in [0, 0.1) is 5.92 Å². The molecule has 0 bridgehead atoms. The normalized spacial score (nSPS) is 16.3. The van der Waals surface area contributed by atoms with Crippen LogP contribution in [0.25, 0.3) is 10.2 Å². The lowest BCUT2D eigenvalue weighted by Crippen LogP contribution is -2.37. The summed E-state index contributed by atoms with van der Waals surface area (Å²) in [6, 6.07) is 12.0. The smallest absolute Gasteiger partial charge is 0.279 e. The van der Waals surface area contributed by atoms with Crippen LogP contribution < -0.4 is 9.54 Å². The van der Waals surface area contributed by atoms with Crippen LogP contribution in [0.15, 0.2) is 52.4 Å². The molecule has 0 unspecified atom stereocenters. The molecular formula is C25H31N3O4S2. The summed E-state index contributed by atoms with van der Waals surface area (Å²) in [5.74, 6) is 0.943. The summed E-state index contributed by atoms with van der Waals surface area (Å²) in [4.78, 5) is 18.2. The highest BCUT2D eigenvalue weighted by molar-refractivity contribution is 7.89. The molecule has 0 atom stereocenters. The fraction of sp³-hybridized carbons (Fsp3) is 0.440. The summed E-state index contributed by atoms with van der Waals surface area (Å²) in [5, 5.41) is 0. The first-order chi connectivity index (χ1) is 16.3. The third kappa shape index (κ3) is 5.11. The Balaban J connectivity index is 1.62. The molecule has 1 fully saturated rings. The number of nitrogens with zero attached hydrogens (tertiary/aromatic N) is 3. The van der Waals surface area contributed by atoms with Crippen LogP contribution in [0.3, 0.4) is 0 Å². The number of fused-ring (bicyclic) bond motifs is 1. The molecule has 0 saturated carbocycles. The van der Waals surface area contributed by atoms with Crippen LogP contribution in [0.2, 0.25) is 0 Å². The van der Waals surface area contributed by atoms with Gasteiger partial charge in [-0.1, -0.05) is 25.2 Å². The van der Waals surface area contributed by atoms with E-state index in [-0.39, 0.29) is 4.90 Å². The van der Waals surface area contributed by atoms with Crippen molar-refractivity contribution in [1.82, 2.24) is 8.87 Å². The molecule has 0 aliphatic carbocycles. The quantitative estimate of drug-likeness (QED) is 0.471. The maximum Gasteiger partial charge on any atom is 0.279 e. The average molecular weight is 502 g/mol. The second-order valence-corrected chi connectivity index (χ2v) is 11.6. The van der Waals surface area contributed by atoms with Gasteiger partial charge in [0.05, 0.1) is 21.7 Å². The number of benzene rings is 2.